The van der Waals surface area contributed by atoms with Crippen molar-refractivity contribution in [2.24, 2.45) is 0 Å². The second-order valence-electron chi connectivity index (χ2n) is 3.96. The summed E-state index contributed by atoms with van der Waals surface area (Å²) in [6.45, 7) is 3.97. The summed E-state index contributed by atoms with van der Waals surface area (Å²) in [6.07, 6.45) is 0. The highest BCUT2D eigenvalue weighted by Crippen LogP contribution is 2.21. The standard InChI is InChI=1S/C12H14N2O2/c1-7(2)11-13-10-8(12(15)14-11)5-4-6-9(10)16-3/h4-7H,1-3H3,(H,13,14,15). The Morgan fingerprint density at radius 3 is 2.75 bits per heavy atom. The Hall–Kier alpha value is -1.84. The summed E-state index contributed by atoms with van der Waals surface area (Å²) >= 11 is 0. The van der Waals surface area contributed by atoms with E-state index >= 15 is 0 Å². The van der Waals surface area contributed by atoms with Crippen molar-refractivity contribution in [2.75, 3.05) is 7.11 Å². The van der Waals surface area contributed by atoms with Crippen LogP contribution in [0.5, 0.6) is 5.75 Å². The molecule has 84 valence electrons. The highest BCUT2D eigenvalue weighted by atomic mass is 16.5. The van der Waals surface area contributed by atoms with E-state index in [1.54, 1.807) is 25.3 Å². The van der Waals surface area contributed by atoms with Gasteiger partial charge >= 0.3 is 0 Å². The minimum atomic E-state index is -0.118. The van der Waals surface area contributed by atoms with Crippen molar-refractivity contribution in [3.05, 3.63) is 34.4 Å². The molecule has 16 heavy (non-hydrogen) atoms. The van der Waals surface area contributed by atoms with Gasteiger partial charge < -0.3 is 9.72 Å². The molecule has 4 heteroatoms. The maximum atomic E-state index is 11.8. The molecule has 0 radical (unpaired) electrons. The number of hydrogen-bond donors (Lipinski definition) is 1. The number of hydrogen-bond acceptors (Lipinski definition) is 3. The van der Waals surface area contributed by atoms with Gasteiger partial charge in [0.15, 0.2) is 0 Å². The Balaban J connectivity index is 2.83. The Bertz CT molecular complexity index is 573. The van der Waals surface area contributed by atoms with Crippen LogP contribution in [0.4, 0.5) is 0 Å². The molecule has 2 aromatic rings. The van der Waals surface area contributed by atoms with E-state index in [4.69, 9.17) is 4.74 Å². The number of nitrogens with zero attached hydrogens (tertiary/aromatic N) is 1. The zero-order valence-electron chi connectivity index (χ0n) is 9.57. The first kappa shape index (κ1) is 10.7. The van der Waals surface area contributed by atoms with Crippen LogP contribution in [-0.2, 0) is 0 Å². The number of nitrogens with one attached hydrogen (secondary N) is 1. The number of aromatic nitrogens is 2. The van der Waals surface area contributed by atoms with Gasteiger partial charge in [0.1, 0.15) is 17.1 Å². The number of para-hydroxylation sites is 1. The predicted molar refractivity (Wildman–Crippen MR) is 63.0 cm³/mol. The van der Waals surface area contributed by atoms with Crippen molar-refractivity contribution in [1.82, 2.24) is 9.97 Å². The van der Waals surface area contributed by atoms with Crippen LogP contribution >= 0.6 is 0 Å². The zero-order valence-corrected chi connectivity index (χ0v) is 9.57. The monoisotopic (exact) mass is 218 g/mol. The lowest BCUT2D eigenvalue weighted by Gasteiger charge is -2.08. The first-order valence-corrected chi connectivity index (χ1v) is 5.20. The highest BCUT2D eigenvalue weighted by Gasteiger charge is 2.09. The average Bonchev–Trinajstić information content (AvgIpc) is 2.28. The van der Waals surface area contributed by atoms with E-state index in [0.29, 0.717) is 22.5 Å². The smallest absolute Gasteiger partial charge is 0.258 e. The molecule has 0 atom stereocenters. The molecular formula is C12H14N2O2. The van der Waals surface area contributed by atoms with Crippen molar-refractivity contribution < 1.29 is 4.74 Å². The first-order chi connectivity index (χ1) is 7.63. The lowest BCUT2D eigenvalue weighted by Crippen LogP contribution is -2.13. The number of rotatable bonds is 2. The van der Waals surface area contributed by atoms with Gasteiger partial charge in [0.2, 0.25) is 0 Å². The molecule has 1 heterocycles. The molecule has 0 aliphatic carbocycles. The van der Waals surface area contributed by atoms with Crippen LogP contribution in [-0.4, -0.2) is 17.1 Å². The van der Waals surface area contributed by atoms with Crippen molar-refractivity contribution in [1.29, 1.82) is 0 Å². The van der Waals surface area contributed by atoms with Gasteiger partial charge in [-0.15, -0.1) is 0 Å². The number of fused-ring (bicyclic) bond motifs is 1. The van der Waals surface area contributed by atoms with Crippen molar-refractivity contribution in [2.45, 2.75) is 19.8 Å². The molecule has 0 spiro atoms. The largest absolute Gasteiger partial charge is 0.494 e. The molecule has 0 unspecified atom stereocenters. The molecule has 1 aromatic heterocycles. The second kappa shape index (κ2) is 3.96. The van der Waals surface area contributed by atoms with Gasteiger partial charge in [-0.25, -0.2) is 4.98 Å². The van der Waals surface area contributed by atoms with Crippen LogP contribution in [0.3, 0.4) is 0 Å². The van der Waals surface area contributed by atoms with Crippen LogP contribution in [0.15, 0.2) is 23.0 Å². The summed E-state index contributed by atoms with van der Waals surface area (Å²) in [5.41, 5.74) is 0.505. The molecule has 0 saturated heterocycles. The molecule has 0 amide bonds. The van der Waals surface area contributed by atoms with E-state index in [9.17, 15) is 4.79 Å². The maximum absolute atomic E-state index is 11.8. The molecule has 0 fully saturated rings. The lowest BCUT2D eigenvalue weighted by atomic mass is 10.2. The third-order valence-corrected chi connectivity index (χ3v) is 2.48. The molecule has 0 saturated carbocycles. The summed E-state index contributed by atoms with van der Waals surface area (Å²) in [5, 5.41) is 0.559. The average molecular weight is 218 g/mol. The number of aromatic amines is 1. The van der Waals surface area contributed by atoms with E-state index in [-0.39, 0.29) is 11.5 Å². The summed E-state index contributed by atoms with van der Waals surface area (Å²) in [5.74, 6) is 1.49. The van der Waals surface area contributed by atoms with Crippen LogP contribution in [0.1, 0.15) is 25.6 Å². The molecule has 0 bridgehead atoms. The van der Waals surface area contributed by atoms with Gasteiger partial charge in [0.05, 0.1) is 12.5 Å². The van der Waals surface area contributed by atoms with Crippen LogP contribution in [0.2, 0.25) is 0 Å². The Morgan fingerprint density at radius 2 is 2.12 bits per heavy atom. The van der Waals surface area contributed by atoms with Crippen molar-refractivity contribution in [3.63, 3.8) is 0 Å². The van der Waals surface area contributed by atoms with E-state index in [1.165, 1.54) is 0 Å². The van der Waals surface area contributed by atoms with Gasteiger partial charge in [-0.1, -0.05) is 19.9 Å². The van der Waals surface area contributed by atoms with Crippen molar-refractivity contribution in [3.8, 4) is 5.75 Å². The Kier molecular flexibility index (Phi) is 2.64. The Labute approximate surface area is 93.3 Å². The number of benzene rings is 1. The molecule has 0 aliphatic heterocycles. The minimum absolute atomic E-state index is 0.118. The topological polar surface area (TPSA) is 55.0 Å². The molecule has 2 rings (SSSR count). The predicted octanol–water partition coefficient (Wildman–Crippen LogP) is 2.06. The third-order valence-electron chi connectivity index (χ3n) is 2.48. The highest BCUT2D eigenvalue weighted by molar-refractivity contribution is 5.83. The maximum Gasteiger partial charge on any atom is 0.258 e. The quantitative estimate of drug-likeness (QED) is 0.839. The van der Waals surface area contributed by atoms with E-state index < -0.39 is 0 Å². The summed E-state index contributed by atoms with van der Waals surface area (Å²) in [6, 6.07) is 5.33. The summed E-state index contributed by atoms with van der Waals surface area (Å²) < 4.78 is 5.20. The number of methoxy groups -OCH3 is 1. The van der Waals surface area contributed by atoms with Gasteiger partial charge in [-0.05, 0) is 12.1 Å². The van der Waals surface area contributed by atoms with Gasteiger partial charge in [0, 0.05) is 5.92 Å². The fourth-order valence-electron chi connectivity index (χ4n) is 1.59. The van der Waals surface area contributed by atoms with E-state index in [0.717, 1.165) is 0 Å². The van der Waals surface area contributed by atoms with Crippen LogP contribution in [0.25, 0.3) is 10.9 Å². The zero-order chi connectivity index (χ0) is 11.7. The molecule has 1 aromatic carbocycles. The van der Waals surface area contributed by atoms with Crippen molar-refractivity contribution >= 4 is 10.9 Å². The SMILES string of the molecule is COc1cccc2c(=O)[nH]c(C(C)C)nc12. The van der Waals surface area contributed by atoms with Gasteiger partial charge in [-0.3, -0.25) is 4.79 Å². The fourth-order valence-corrected chi connectivity index (χ4v) is 1.59. The minimum Gasteiger partial charge on any atom is -0.494 e. The van der Waals surface area contributed by atoms with E-state index in [2.05, 4.69) is 9.97 Å². The van der Waals surface area contributed by atoms with Crippen LogP contribution in [0, 0.1) is 0 Å². The van der Waals surface area contributed by atoms with Gasteiger partial charge in [-0.2, -0.15) is 0 Å². The fraction of sp³-hybridized carbons (Fsp3) is 0.333. The molecule has 1 N–H and O–H groups in total. The summed E-state index contributed by atoms with van der Waals surface area (Å²) in [7, 11) is 1.58. The Morgan fingerprint density at radius 1 is 1.38 bits per heavy atom. The molecule has 0 aliphatic rings. The summed E-state index contributed by atoms with van der Waals surface area (Å²) in [4.78, 5) is 19.0. The first-order valence-electron chi connectivity index (χ1n) is 5.20. The van der Waals surface area contributed by atoms with E-state index in [1.807, 2.05) is 13.8 Å². The number of ether oxygens (including phenoxy) is 1. The third kappa shape index (κ3) is 1.66. The van der Waals surface area contributed by atoms with Gasteiger partial charge in [0.25, 0.3) is 5.56 Å². The molecular weight excluding hydrogens is 204 g/mol. The number of H-pyrrole nitrogens is 1. The normalized spacial score (nSPS) is 11.0. The molecule has 4 nitrogen and oxygen atoms in total. The van der Waals surface area contributed by atoms with Crippen LogP contribution < -0.4 is 10.3 Å². The second-order valence-corrected chi connectivity index (χ2v) is 3.96. The lowest BCUT2D eigenvalue weighted by molar-refractivity contribution is 0.418.